The standard InChI is InChI=1S/C9H6F2N2O/c10-6-3-5(1-2-8(12)14)4-7(11)9(6)13/h3-4H,13H2,(H2,12,14). The highest BCUT2D eigenvalue weighted by atomic mass is 19.1. The molecule has 0 aliphatic heterocycles. The fourth-order valence-electron chi connectivity index (χ4n) is 0.790. The smallest absolute Gasteiger partial charge is 0.293 e. The van der Waals surface area contributed by atoms with Crippen LogP contribution in [0.2, 0.25) is 0 Å². The van der Waals surface area contributed by atoms with Crippen LogP contribution in [0.25, 0.3) is 0 Å². The van der Waals surface area contributed by atoms with Gasteiger partial charge in [0.15, 0.2) is 0 Å². The van der Waals surface area contributed by atoms with Gasteiger partial charge in [0.05, 0.1) is 0 Å². The fraction of sp³-hybridized carbons (Fsp3) is 0. The zero-order chi connectivity index (χ0) is 10.7. The Bertz CT molecular complexity index is 423. The molecule has 1 rings (SSSR count). The van der Waals surface area contributed by atoms with Crippen LogP contribution in [-0.4, -0.2) is 5.91 Å². The van der Waals surface area contributed by atoms with Crippen molar-refractivity contribution < 1.29 is 13.6 Å². The van der Waals surface area contributed by atoms with Gasteiger partial charge in [0.2, 0.25) is 0 Å². The lowest BCUT2D eigenvalue weighted by Crippen LogP contribution is -2.06. The van der Waals surface area contributed by atoms with Crippen LogP contribution in [0.5, 0.6) is 0 Å². The van der Waals surface area contributed by atoms with E-state index in [0.29, 0.717) is 0 Å². The molecule has 0 atom stereocenters. The maximum absolute atomic E-state index is 12.8. The fourth-order valence-corrected chi connectivity index (χ4v) is 0.790. The third kappa shape index (κ3) is 2.20. The van der Waals surface area contributed by atoms with Crippen LogP contribution in [0.3, 0.4) is 0 Å². The second kappa shape index (κ2) is 3.75. The Morgan fingerprint density at radius 2 is 1.79 bits per heavy atom. The molecule has 4 N–H and O–H groups in total. The van der Waals surface area contributed by atoms with Gasteiger partial charge in [-0.1, -0.05) is 5.92 Å². The Morgan fingerprint density at radius 3 is 2.21 bits per heavy atom. The normalized spacial score (nSPS) is 9.00. The number of halogens is 2. The van der Waals surface area contributed by atoms with E-state index in [2.05, 4.69) is 5.92 Å². The second-order valence-corrected chi connectivity index (χ2v) is 2.47. The summed E-state index contributed by atoms with van der Waals surface area (Å²) in [7, 11) is 0. The molecule has 1 aromatic rings. The van der Waals surface area contributed by atoms with E-state index in [1.807, 2.05) is 5.92 Å². The molecule has 14 heavy (non-hydrogen) atoms. The predicted molar refractivity (Wildman–Crippen MR) is 46.8 cm³/mol. The average Bonchev–Trinajstić information content (AvgIpc) is 2.10. The Balaban J connectivity index is 3.15. The summed E-state index contributed by atoms with van der Waals surface area (Å²) in [5.41, 5.74) is 9.17. The molecular formula is C9H6F2N2O. The van der Waals surface area contributed by atoms with Gasteiger partial charge in [-0.3, -0.25) is 4.79 Å². The van der Waals surface area contributed by atoms with Crippen molar-refractivity contribution in [3.05, 3.63) is 29.3 Å². The minimum Gasteiger partial charge on any atom is -0.394 e. The number of nitrogens with two attached hydrogens (primary N) is 2. The molecule has 5 heteroatoms. The third-order valence-electron chi connectivity index (χ3n) is 1.41. The Kier molecular flexibility index (Phi) is 2.67. The molecule has 0 radical (unpaired) electrons. The second-order valence-electron chi connectivity index (χ2n) is 2.47. The number of benzene rings is 1. The van der Waals surface area contributed by atoms with Crippen LogP contribution < -0.4 is 11.5 Å². The average molecular weight is 196 g/mol. The van der Waals surface area contributed by atoms with Crippen LogP contribution in [0.15, 0.2) is 12.1 Å². The summed E-state index contributed by atoms with van der Waals surface area (Å²) >= 11 is 0. The van der Waals surface area contributed by atoms with E-state index >= 15 is 0 Å². The van der Waals surface area contributed by atoms with E-state index in [1.165, 1.54) is 0 Å². The van der Waals surface area contributed by atoms with Crippen molar-refractivity contribution in [3.63, 3.8) is 0 Å². The van der Waals surface area contributed by atoms with Gasteiger partial charge in [-0.25, -0.2) is 8.78 Å². The number of carbonyl (C=O) groups excluding carboxylic acids is 1. The van der Waals surface area contributed by atoms with Crippen molar-refractivity contribution in [2.24, 2.45) is 5.73 Å². The number of amides is 1. The number of hydrogen-bond acceptors (Lipinski definition) is 2. The van der Waals surface area contributed by atoms with E-state index < -0.39 is 23.2 Å². The van der Waals surface area contributed by atoms with Gasteiger partial charge in [-0.05, 0) is 18.1 Å². The lowest BCUT2D eigenvalue weighted by Gasteiger charge is -1.98. The molecule has 0 heterocycles. The zero-order valence-corrected chi connectivity index (χ0v) is 6.97. The summed E-state index contributed by atoms with van der Waals surface area (Å²) < 4.78 is 25.6. The maximum Gasteiger partial charge on any atom is 0.293 e. The lowest BCUT2D eigenvalue weighted by molar-refractivity contribution is -0.112. The Labute approximate surface area is 78.7 Å². The lowest BCUT2D eigenvalue weighted by atomic mass is 10.2. The van der Waals surface area contributed by atoms with E-state index in [0.717, 1.165) is 12.1 Å². The molecule has 0 aromatic heterocycles. The van der Waals surface area contributed by atoms with Crippen LogP contribution in [0, 0.1) is 23.5 Å². The first kappa shape index (κ1) is 9.99. The molecular weight excluding hydrogens is 190 g/mol. The van der Waals surface area contributed by atoms with Gasteiger partial charge in [-0.2, -0.15) is 0 Å². The topological polar surface area (TPSA) is 69.1 Å². The minimum absolute atomic E-state index is 0.00741. The van der Waals surface area contributed by atoms with E-state index in [9.17, 15) is 13.6 Å². The van der Waals surface area contributed by atoms with E-state index in [1.54, 1.807) is 0 Å². The van der Waals surface area contributed by atoms with Crippen LogP contribution in [-0.2, 0) is 4.79 Å². The van der Waals surface area contributed by atoms with Crippen molar-refractivity contribution in [1.29, 1.82) is 0 Å². The van der Waals surface area contributed by atoms with Crippen molar-refractivity contribution in [1.82, 2.24) is 0 Å². The molecule has 0 saturated carbocycles. The zero-order valence-electron chi connectivity index (χ0n) is 6.97. The van der Waals surface area contributed by atoms with E-state index in [4.69, 9.17) is 11.5 Å². The van der Waals surface area contributed by atoms with E-state index in [-0.39, 0.29) is 5.56 Å². The molecule has 0 saturated heterocycles. The summed E-state index contributed by atoms with van der Waals surface area (Å²) in [5.74, 6) is 1.44. The molecule has 0 aliphatic rings. The largest absolute Gasteiger partial charge is 0.394 e. The molecule has 1 aromatic carbocycles. The first-order valence-corrected chi connectivity index (χ1v) is 3.56. The van der Waals surface area contributed by atoms with Crippen LogP contribution in [0.4, 0.5) is 14.5 Å². The van der Waals surface area contributed by atoms with Gasteiger partial charge >= 0.3 is 0 Å². The number of rotatable bonds is 0. The minimum atomic E-state index is -0.918. The van der Waals surface area contributed by atoms with Crippen LogP contribution in [0.1, 0.15) is 5.56 Å². The number of nitrogen functional groups attached to an aromatic ring is 1. The number of anilines is 1. The number of primary amides is 1. The van der Waals surface area contributed by atoms with Gasteiger partial charge in [0.25, 0.3) is 5.91 Å². The SMILES string of the molecule is NC(=O)C#Cc1cc(F)c(N)c(F)c1. The molecule has 72 valence electrons. The molecule has 0 bridgehead atoms. The summed E-state index contributed by atoms with van der Waals surface area (Å²) in [6.45, 7) is 0. The summed E-state index contributed by atoms with van der Waals surface area (Å²) in [4.78, 5) is 10.2. The van der Waals surface area contributed by atoms with Gasteiger partial charge in [-0.15, -0.1) is 0 Å². The molecule has 0 fully saturated rings. The van der Waals surface area contributed by atoms with Crippen LogP contribution >= 0.6 is 0 Å². The number of carbonyl (C=O) groups is 1. The molecule has 0 unspecified atom stereocenters. The Morgan fingerprint density at radius 1 is 1.29 bits per heavy atom. The van der Waals surface area contributed by atoms with Gasteiger partial charge < -0.3 is 11.5 Å². The molecule has 0 spiro atoms. The highest BCUT2D eigenvalue weighted by Crippen LogP contribution is 2.16. The van der Waals surface area contributed by atoms with Gasteiger partial charge in [0, 0.05) is 5.56 Å². The quantitative estimate of drug-likeness (QED) is 0.465. The van der Waals surface area contributed by atoms with Crippen molar-refractivity contribution >= 4 is 11.6 Å². The van der Waals surface area contributed by atoms with Crippen molar-refractivity contribution in [2.75, 3.05) is 5.73 Å². The van der Waals surface area contributed by atoms with Crippen molar-refractivity contribution in [2.45, 2.75) is 0 Å². The number of hydrogen-bond donors (Lipinski definition) is 2. The Hall–Kier alpha value is -2.09. The highest BCUT2D eigenvalue weighted by molar-refractivity contribution is 5.92. The first-order valence-electron chi connectivity index (χ1n) is 3.56. The maximum atomic E-state index is 12.8. The molecule has 3 nitrogen and oxygen atoms in total. The first-order chi connectivity index (χ1) is 6.50. The van der Waals surface area contributed by atoms with Gasteiger partial charge in [0.1, 0.15) is 17.3 Å². The third-order valence-corrected chi connectivity index (χ3v) is 1.41. The predicted octanol–water partition coefficient (Wildman–Crippen LogP) is 0.384. The summed E-state index contributed by atoms with van der Waals surface area (Å²) in [6, 6.07) is 1.85. The van der Waals surface area contributed by atoms with Crippen molar-refractivity contribution in [3.8, 4) is 11.8 Å². The molecule has 1 amide bonds. The highest BCUT2D eigenvalue weighted by Gasteiger charge is 2.05. The molecule has 0 aliphatic carbocycles. The monoisotopic (exact) mass is 196 g/mol. The summed E-state index contributed by atoms with van der Waals surface area (Å²) in [5, 5.41) is 0. The summed E-state index contributed by atoms with van der Waals surface area (Å²) in [6.07, 6.45) is 0.